The van der Waals surface area contributed by atoms with Crippen molar-refractivity contribution in [1.29, 1.82) is 0 Å². The van der Waals surface area contributed by atoms with Gasteiger partial charge in [0, 0.05) is 12.2 Å². The number of carbonyl (C=O) groups is 2. The van der Waals surface area contributed by atoms with Crippen LogP contribution in [-0.4, -0.2) is 32.8 Å². The van der Waals surface area contributed by atoms with Crippen LogP contribution in [0.15, 0.2) is 12.4 Å². The van der Waals surface area contributed by atoms with Gasteiger partial charge in [-0.25, -0.2) is 4.79 Å². The summed E-state index contributed by atoms with van der Waals surface area (Å²) in [5.41, 5.74) is 0.420. The molecule has 2 saturated carbocycles. The second-order valence-corrected chi connectivity index (χ2v) is 6.82. The Balaban J connectivity index is 1.61. The van der Waals surface area contributed by atoms with Crippen molar-refractivity contribution in [1.82, 2.24) is 15.1 Å². The van der Waals surface area contributed by atoms with E-state index in [1.807, 2.05) is 0 Å². The molecule has 2 aliphatic carbocycles. The van der Waals surface area contributed by atoms with E-state index in [-0.39, 0.29) is 11.9 Å². The zero-order chi connectivity index (χ0) is 15.9. The first-order valence-electron chi connectivity index (χ1n) is 8.03. The minimum absolute atomic E-state index is 0.156. The number of nitrogens with zero attached hydrogens (tertiary/aromatic N) is 2. The van der Waals surface area contributed by atoms with Crippen LogP contribution in [0.25, 0.3) is 0 Å². The summed E-state index contributed by atoms with van der Waals surface area (Å²) >= 11 is 0. The standard InChI is InChI=1S/C16H23N3O3/c1-9(14-6-11-3-4-12(14)5-11)18-15(20)13-7-17-19(8-13)10(2)16(21)22/h7-12,14H,3-6H2,1-2H3,(H,18,20)(H,21,22). The SMILES string of the molecule is CC(NC(=O)c1cnn(C(C)C(=O)O)c1)C1CC2CCC1C2. The Bertz CT molecular complexity index is 583. The first kappa shape index (κ1) is 15.1. The molecule has 22 heavy (non-hydrogen) atoms. The van der Waals surface area contributed by atoms with Gasteiger partial charge in [-0.05, 0) is 50.9 Å². The maximum absolute atomic E-state index is 12.3. The number of fused-ring (bicyclic) bond motifs is 2. The Hall–Kier alpha value is -1.85. The van der Waals surface area contributed by atoms with Crippen molar-refractivity contribution in [3.63, 3.8) is 0 Å². The highest BCUT2D eigenvalue weighted by Crippen LogP contribution is 2.49. The fourth-order valence-electron chi connectivity index (χ4n) is 4.08. The average Bonchev–Trinajstić information content (AvgIpc) is 3.21. The van der Waals surface area contributed by atoms with Gasteiger partial charge >= 0.3 is 5.97 Å². The molecule has 0 radical (unpaired) electrons. The highest BCUT2D eigenvalue weighted by molar-refractivity contribution is 5.94. The number of amides is 1. The maximum atomic E-state index is 12.3. The van der Waals surface area contributed by atoms with E-state index in [9.17, 15) is 9.59 Å². The van der Waals surface area contributed by atoms with E-state index in [0.29, 0.717) is 11.5 Å². The van der Waals surface area contributed by atoms with Crippen molar-refractivity contribution in [2.24, 2.45) is 17.8 Å². The molecule has 1 amide bonds. The molecule has 0 aromatic carbocycles. The van der Waals surface area contributed by atoms with Crippen LogP contribution >= 0.6 is 0 Å². The molecular weight excluding hydrogens is 282 g/mol. The first-order valence-corrected chi connectivity index (χ1v) is 8.03. The summed E-state index contributed by atoms with van der Waals surface area (Å²) in [6, 6.07) is -0.618. The highest BCUT2D eigenvalue weighted by Gasteiger charge is 2.42. The number of hydrogen-bond donors (Lipinski definition) is 2. The summed E-state index contributed by atoms with van der Waals surface area (Å²) in [4.78, 5) is 23.3. The Morgan fingerprint density at radius 1 is 1.36 bits per heavy atom. The second-order valence-electron chi connectivity index (χ2n) is 6.82. The topological polar surface area (TPSA) is 84.2 Å². The zero-order valence-electron chi connectivity index (χ0n) is 13.0. The van der Waals surface area contributed by atoms with Crippen molar-refractivity contribution in [2.75, 3.05) is 0 Å². The molecule has 6 heteroatoms. The Morgan fingerprint density at radius 3 is 2.73 bits per heavy atom. The van der Waals surface area contributed by atoms with Crippen LogP contribution in [0.4, 0.5) is 0 Å². The molecule has 120 valence electrons. The molecule has 1 aromatic rings. The van der Waals surface area contributed by atoms with Crippen LogP contribution in [0, 0.1) is 17.8 Å². The molecule has 2 N–H and O–H groups in total. The van der Waals surface area contributed by atoms with Gasteiger partial charge < -0.3 is 10.4 Å². The minimum atomic E-state index is -0.967. The number of rotatable bonds is 5. The summed E-state index contributed by atoms with van der Waals surface area (Å²) in [7, 11) is 0. The molecule has 2 fully saturated rings. The van der Waals surface area contributed by atoms with E-state index in [2.05, 4.69) is 17.3 Å². The third-order valence-electron chi connectivity index (χ3n) is 5.41. The van der Waals surface area contributed by atoms with Crippen LogP contribution in [0.3, 0.4) is 0 Å². The van der Waals surface area contributed by atoms with E-state index < -0.39 is 12.0 Å². The Morgan fingerprint density at radius 2 is 2.14 bits per heavy atom. The van der Waals surface area contributed by atoms with E-state index in [4.69, 9.17) is 5.11 Å². The number of nitrogens with one attached hydrogen (secondary N) is 1. The number of aliphatic carboxylic acids is 1. The lowest BCUT2D eigenvalue weighted by atomic mass is 9.84. The van der Waals surface area contributed by atoms with Gasteiger partial charge in [-0.1, -0.05) is 6.42 Å². The molecule has 0 spiro atoms. The maximum Gasteiger partial charge on any atom is 0.328 e. The first-order chi connectivity index (χ1) is 10.5. The van der Waals surface area contributed by atoms with Gasteiger partial charge in [0.1, 0.15) is 6.04 Å². The summed E-state index contributed by atoms with van der Waals surface area (Å²) < 4.78 is 1.31. The third kappa shape index (κ3) is 2.74. The van der Waals surface area contributed by atoms with Gasteiger partial charge in [-0.15, -0.1) is 0 Å². The van der Waals surface area contributed by atoms with Gasteiger partial charge in [-0.2, -0.15) is 5.10 Å². The van der Waals surface area contributed by atoms with E-state index >= 15 is 0 Å². The molecule has 0 aliphatic heterocycles. The normalized spacial score (nSPS) is 29.3. The van der Waals surface area contributed by atoms with Crippen molar-refractivity contribution in [3.05, 3.63) is 18.0 Å². The fourth-order valence-corrected chi connectivity index (χ4v) is 4.08. The van der Waals surface area contributed by atoms with Crippen LogP contribution in [0.2, 0.25) is 0 Å². The zero-order valence-corrected chi connectivity index (χ0v) is 13.0. The van der Waals surface area contributed by atoms with E-state index in [1.54, 1.807) is 0 Å². The summed E-state index contributed by atoms with van der Waals surface area (Å²) in [6.45, 7) is 3.61. The van der Waals surface area contributed by atoms with Crippen molar-refractivity contribution in [3.8, 4) is 0 Å². The Labute approximate surface area is 129 Å². The van der Waals surface area contributed by atoms with Crippen LogP contribution in [0.5, 0.6) is 0 Å². The monoisotopic (exact) mass is 305 g/mol. The average molecular weight is 305 g/mol. The predicted molar refractivity (Wildman–Crippen MR) is 80.4 cm³/mol. The molecule has 2 aliphatic rings. The summed E-state index contributed by atoms with van der Waals surface area (Å²) in [5.74, 6) is 1.06. The summed E-state index contributed by atoms with van der Waals surface area (Å²) in [5, 5.41) is 16.0. The molecule has 3 rings (SSSR count). The molecule has 0 saturated heterocycles. The van der Waals surface area contributed by atoms with Crippen molar-refractivity contribution >= 4 is 11.9 Å². The number of aromatic nitrogens is 2. The molecule has 1 aromatic heterocycles. The number of carbonyl (C=O) groups excluding carboxylic acids is 1. The van der Waals surface area contributed by atoms with Gasteiger partial charge in [-0.3, -0.25) is 9.48 Å². The van der Waals surface area contributed by atoms with E-state index in [0.717, 1.165) is 11.8 Å². The quantitative estimate of drug-likeness (QED) is 0.872. The largest absolute Gasteiger partial charge is 0.480 e. The van der Waals surface area contributed by atoms with Crippen molar-refractivity contribution in [2.45, 2.75) is 51.6 Å². The van der Waals surface area contributed by atoms with Gasteiger partial charge in [0.05, 0.1) is 11.8 Å². The smallest absolute Gasteiger partial charge is 0.328 e. The molecule has 1 heterocycles. The third-order valence-corrected chi connectivity index (χ3v) is 5.41. The minimum Gasteiger partial charge on any atom is -0.480 e. The van der Waals surface area contributed by atoms with Gasteiger partial charge in [0.2, 0.25) is 0 Å². The van der Waals surface area contributed by atoms with Crippen LogP contribution in [-0.2, 0) is 4.79 Å². The highest BCUT2D eigenvalue weighted by atomic mass is 16.4. The number of hydrogen-bond acceptors (Lipinski definition) is 3. The second kappa shape index (κ2) is 5.74. The van der Waals surface area contributed by atoms with Gasteiger partial charge in [0.15, 0.2) is 0 Å². The lowest BCUT2D eigenvalue weighted by Gasteiger charge is -2.28. The predicted octanol–water partition coefficient (Wildman–Crippen LogP) is 2.08. The van der Waals surface area contributed by atoms with Crippen LogP contribution in [0.1, 0.15) is 55.9 Å². The number of carboxylic acid groups (broad SMARTS) is 1. The van der Waals surface area contributed by atoms with Crippen molar-refractivity contribution < 1.29 is 14.7 Å². The summed E-state index contributed by atoms with van der Waals surface area (Å²) in [6.07, 6.45) is 8.12. The lowest BCUT2D eigenvalue weighted by molar-refractivity contribution is -0.140. The molecule has 5 atom stereocenters. The lowest BCUT2D eigenvalue weighted by Crippen LogP contribution is -2.40. The van der Waals surface area contributed by atoms with E-state index in [1.165, 1.54) is 49.7 Å². The molecular formula is C16H23N3O3. The molecule has 6 nitrogen and oxygen atoms in total. The number of carboxylic acids is 1. The Kier molecular flexibility index (Phi) is 3.93. The fraction of sp³-hybridized carbons (Fsp3) is 0.688. The molecule has 5 unspecified atom stereocenters. The molecule has 2 bridgehead atoms. The van der Waals surface area contributed by atoms with Crippen LogP contribution < -0.4 is 5.32 Å². The van der Waals surface area contributed by atoms with Gasteiger partial charge in [0.25, 0.3) is 5.91 Å².